The van der Waals surface area contributed by atoms with Crippen LogP contribution in [0, 0.1) is 5.92 Å². The van der Waals surface area contributed by atoms with Crippen molar-refractivity contribution >= 4 is 11.6 Å². The molecule has 0 saturated heterocycles. The molecule has 0 aliphatic carbocycles. The predicted octanol–water partition coefficient (Wildman–Crippen LogP) is 2.83. The number of hydrogen-bond donors (Lipinski definition) is 2. The molecule has 0 spiro atoms. The lowest BCUT2D eigenvalue weighted by Crippen LogP contribution is -2.25. The third kappa shape index (κ3) is 4.81. The lowest BCUT2D eigenvalue weighted by atomic mass is 10.1. The summed E-state index contributed by atoms with van der Waals surface area (Å²) >= 11 is 0. The summed E-state index contributed by atoms with van der Waals surface area (Å²) < 4.78 is 5.45. The van der Waals surface area contributed by atoms with Crippen LogP contribution in [0.25, 0.3) is 0 Å². The Morgan fingerprint density at radius 3 is 2.79 bits per heavy atom. The monoisotopic (exact) mass is 264 g/mol. The minimum atomic E-state index is -0.125. The number of carbonyl (C=O) groups is 1. The van der Waals surface area contributed by atoms with Gasteiger partial charge in [0.25, 0.3) is 5.91 Å². The first kappa shape index (κ1) is 15.3. The molecule has 0 unspecified atom stereocenters. The summed E-state index contributed by atoms with van der Waals surface area (Å²) in [6, 6.07) is 5.24. The normalized spacial score (nSPS) is 10.5. The highest BCUT2D eigenvalue weighted by molar-refractivity contribution is 5.98. The van der Waals surface area contributed by atoms with E-state index < -0.39 is 0 Å². The van der Waals surface area contributed by atoms with Gasteiger partial charge in [0.15, 0.2) is 5.75 Å². The lowest BCUT2D eigenvalue weighted by molar-refractivity contribution is 0.0949. The number of para-hydroxylation sites is 1. The van der Waals surface area contributed by atoms with Crippen molar-refractivity contribution in [2.24, 2.45) is 5.92 Å². The highest BCUT2D eigenvalue weighted by Gasteiger charge is 2.14. The third-order valence-electron chi connectivity index (χ3n) is 2.82. The molecule has 19 heavy (non-hydrogen) atoms. The zero-order valence-corrected chi connectivity index (χ0v) is 12.0. The molecule has 1 rings (SSSR count). The van der Waals surface area contributed by atoms with Gasteiger partial charge in [0.1, 0.15) is 0 Å². The van der Waals surface area contributed by atoms with Crippen LogP contribution in [0.3, 0.4) is 0 Å². The van der Waals surface area contributed by atoms with Crippen LogP contribution >= 0.6 is 0 Å². The fourth-order valence-electron chi connectivity index (χ4n) is 1.85. The highest BCUT2D eigenvalue weighted by atomic mass is 16.5. The molecular weight excluding hydrogens is 240 g/mol. The first-order valence-electron chi connectivity index (χ1n) is 6.85. The van der Waals surface area contributed by atoms with Crippen molar-refractivity contribution in [3.8, 4) is 5.75 Å². The second-order valence-corrected chi connectivity index (χ2v) is 4.95. The van der Waals surface area contributed by atoms with Gasteiger partial charge in [0.2, 0.25) is 0 Å². The Kier molecular flexibility index (Phi) is 6.19. The number of rotatable bonds is 7. The van der Waals surface area contributed by atoms with Crippen LogP contribution in [-0.4, -0.2) is 19.1 Å². The number of anilines is 1. The number of ether oxygens (including phenoxy) is 1. The zero-order chi connectivity index (χ0) is 14.3. The van der Waals surface area contributed by atoms with Crippen LogP contribution in [-0.2, 0) is 0 Å². The quantitative estimate of drug-likeness (QED) is 0.588. The Labute approximate surface area is 115 Å². The van der Waals surface area contributed by atoms with E-state index in [2.05, 4.69) is 19.2 Å². The number of carbonyl (C=O) groups excluding carboxylic acids is 1. The molecule has 4 heteroatoms. The van der Waals surface area contributed by atoms with Gasteiger partial charge in [-0.2, -0.15) is 0 Å². The summed E-state index contributed by atoms with van der Waals surface area (Å²) in [5, 5.41) is 2.91. The Hall–Kier alpha value is -1.71. The van der Waals surface area contributed by atoms with E-state index in [-0.39, 0.29) is 5.91 Å². The molecule has 0 heterocycles. The second kappa shape index (κ2) is 7.67. The molecule has 4 nitrogen and oxygen atoms in total. The predicted molar refractivity (Wildman–Crippen MR) is 78.4 cm³/mol. The Bertz CT molecular complexity index is 417. The first-order valence-corrected chi connectivity index (χ1v) is 6.85. The highest BCUT2D eigenvalue weighted by Crippen LogP contribution is 2.26. The first-order chi connectivity index (χ1) is 9.06. The van der Waals surface area contributed by atoms with Gasteiger partial charge in [-0.15, -0.1) is 0 Å². The van der Waals surface area contributed by atoms with Crippen LogP contribution in [0.4, 0.5) is 5.69 Å². The van der Waals surface area contributed by atoms with E-state index in [4.69, 9.17) is 10.5 Å². The molecule has 0 saturated carbocycles. The molecule has 0 aromatic heterocycles. The Morgan fingerprint density at radius 2 is 2.16 bits per heavy atom. The molecule has 106 valence electrons. The number of hydrogen-bond acceptors (Lipinski definition) is 3. The van der Waals surface area contributed by atoms with Crippen molar-refractivity contribution in [3.63, 3.8) is 0 Å². The number of nitrogens with one attached hydrogen (secondary N) is 1. The minimum absolute atomic E-state index is 0.125. The summed E-state index contributed by atoms with van der Waals surface area (Å²) in [7, 11) is 0. The number of benzene rings is 1. The van der Waals surface area contributed by atoms with E-state index in [1.807, 2.05) is 6.92 Å². The van der Waals surface area contributed by atoms with Crippen molar-refractivity contribution in [2.75, 3.05) is 18.9 Å². The van der Waals surface area contributed by atoms with E-state index in [1.165, 1.54) is 0 Å². The van der Waals surface area contributed by atoms with Crippen molar-refractivity contribution in [3.05, 3.63) is 23.8 Å². The maximum atomic E-state index is 12.1. The number of nitrogens with two attached hydrogens (primary N) is 1. The number of nitrogen functional groups attached to an aromatic ring is 1. The summed E-state index contributed by atoms with van der Waals surface area (Å²) in [6.07, 6.45) is 2.09. The van der Waals surface area contributed by atoms with Gasteiger partial charge >= 0.3 is 0 Å². The largest absolute Gasteiger partial charge is 0.491 e. The molecular formula is C15H24N2O2. The summed E-state index contributed by atoms with van der Waals surface area (Å²) in [4.78, 5) is 12.1. The smallest absolute Gasteiger partial charge is 0.255 e. The van der Waals surface area contributed by atoms with Crippen LogP contribution in [0.5, 0.6) is 5.75 Å². The fourth-order valence-corrected chi connectivity index (χ4v) is 1.85. The molecule has 1 aromatic rings. The van der Waals surface area contributed by atoms with Crippen molar-refractivity contribution in [1.82, 2.24) is 5.32 Å². The van der Waals surface area contributed by atoms with Crippen molar-refractivity contribution in [2.45, 2.75) is 33.6 Å². The maximum absolute atomic E-state index is 12.1. The molecule has 0 bridgehead atoms. The Balaban J connectivity index is 2.63. The van der Waals surface area contributed by atoms with E-state index in [0.717, 1.165) is 12.8 Å². The van der Waals surface area contributed by atoms with Gasteiger partial charge in [-0.1, -0.05) is 19.9 Å². The summed E-state index contributed by atoms with van der Waals surface area (Å²) in [6.45, 7) is 7.38. The summed E-state index contributed by atoms with van der Waals surface area (Å²) in [5.74, 6) is 1.01. The molecule has 1 amide bonds. The van der Waals surface area contributed by atoms with E-state index >= 15 is 0 Å². The van der Waals surface area contributed by atoms with Gasteiger partial charge in [-0.3, -0.25) is 4.79 Å². The standard InChI is InChI=1S/C15H24N2O2/c1-4-19-14-12(8-5-9-13(14)16)15(18)17-10-6-7-11(2)3/h5,8-9,11H,4,6-7,10,16H2,1-3H3,(H,17,18). The molecule has 1 aromatic carbocycles. The minimum Gasteiger partial charge on any atom is -0.491 e. The van der Waals surface area contributed by atoms with Gasteiger partial charge in [-0.05, 0) is 37.8 Å². The fraction of sp³-hybridized carbons (Fsp3) is 0.533. The van der Waals surface area contributed by atoms with E-state index in [9.17, 15) is 4.79 Å². The molecule has 0 radical (unpaired) electrons. The zero-order valence-electron chi connectivity index (χ0n) is 12.0. The molecule has 0 fully saturated rings. The van der Waals surface area contributed by atoms with Gasteiger partial charge in [0, 0.05) is 6.54 Å². The topological polar surface area (TPSA) is 64.3 Å². The second-order valence-electron chi connectivity index (χ2n) is 4.95. The van der Waals surface area contributed by atoms with E-state index in [1.54, 1.807) is 18.2 Å². The summed E-state index contributed by atoms with van der Waals surface area (Å²) in [5.41, 5.74) is 6.84. The number of amides is 1. The maximum Gasteiger partial charge on any atom is 0.255 e. The van der Waals surface area contributed by atoms with Gasteiger partial charge in [0.05, 0.1) is 17.9 Å². The average Bonchev–Trinajstić information content (AvgIpc) is 2.36. The van der Waals surface area contributed by atoms with Crippen LogP contribution in [0.2, 0.25) is 0 Å². The van der Waals surface area contributed by atoms with Gasteiger partial charge < -0.3 is 15.8 Å². The SMILES string of the molecule is CCOc1c(N)cccc1C(=O)NCCCC(C)C. The van der Waals surface area contributed by atoms with Gasteiger partial charge in [-0.25, -0.2) is 0 Å². The van der Waals surface area contributed by atoms with E-state index in [0.29, 0.717) is 36.1 Å². The average molecular weight is 264 g/mol. The molecule has 0 aliphatic rings. The van der Waals surface area contributed by atoms with Crippen LogP contribution < -0.4 is 15.8 Å². The van der Waals surface area contributed by atoms with Crippen molar-refractivity contribution in [1.29, 1.82) is 0 Å². The lowest BCUT2D eigenvalue weighted by Gasteiger charge is -2.13. The molecule has 3 N–H and O–H groups in total. The van der Waals surface area contributed by atoms with Crippen LogP contribution in [0.15, 0.2) is 18.2 Å². The van der Waals surface area contributed by atoms with Crippen molar-refractivity contribution < 1.29 is 9.53 Å². The molecule has 0 aliphatic heterocycles. The Morgan fingerprint density at radius 1 is 1.42 bits per heavy atom. The van der Waals surface area contributed by atoms with Crippen LogP contribution in [0.1, 0.15) is 44.0 Å². The third-order valence-corrected chi connectivity index (χ3v) is 2.82. The molecule has 0 atom stereocenters.